The molecular formula is C60H36N2O2. The van der Waals surface area contributed by atoms with Crippen molar-refractivity contribution in [2.45, 2.75) is 0 Å². The maximum atomic E-state index is 6.69. The van der Waals surface area contributed by atoms with Crippen molar-refractivity contribution >= 4 is 87.5 Å². The summed E-state index contributed by atoms with van der Waals surface area (Å²) in [7, 11) is 0. The third kappa shape index (κ3) is 5.11. The highest BCUT2D eigenvalue weighted by Crippen LogP contribution is 2.44. The van der Waals surface area contributed by atoms with Gasteiger partial charge in [0.15, 0.2) is 0 Å². The standard InChI is InChI=1S/C60H36N2O2/c1-3-15-37(16-4-1)39-31-41(35-43(33-39)61-51-23-11-7-21-49(51)57-53(61)29-27-47-45-19-9-13-25-55(45)63-59(47)57)42-32-40(38-17-5-2-6-18-38)34-44(36-42)62-52-24-12-8-22-50(52)58-54(62)30-28-48-46-20-10-14-26-56(46)64-60(48)58/h1-36H. The molecule has 0 fully saturated rings. The molecule has 4 aromatic heterocycles. The van der Waals surface area contributed by atoms with Crippen molar-refractivity contribution in [3.8, 4) is 44.8 Å². The normalized spacial score (nSPS) is 12.1. The van der Waals surface area contributed by atoms with Gasteiger partial charge in [-0.05, 0) is 118 Å². The zero-order chi connectivity index (χ0) is 41.9. The minimum absolute atomic E-state index is 0.898. The van der Waals surface area contributed by atoms with E-state index in [4.69, 9.17) is 8.83 Å². The van der Waals surface area contributed by atoms with Crippen LogP contribution in [0.3, 0.4) is 0 Å². The number of fused-ring (bicyclic) bond motifs is 14. The van der Waals surface area contributed by atoms with Gasteiger partial charge in [0.2, 0.25) is 0 Å². The fourth-order valence-electron chi connectivity index (χ4n) is 10.4. The summed E-state index contributed by atoms with van der Waals surface area (Å²) in [4.78, 5) is 0. The van der Waals surface area contributed by atoms with E-state index in [1.165, 1.54) is 0 Å². The number of aromatic nitrogens is 2. The summed E-state index contributed by atoms with van der Waals surface area (Å²) in [5.74, 6) is 0. The molecule has 0 unspecified atom stereocenters. The van der Waals surface area contributed by atoms with Crippen molar-refractivity contribution < 1.29 is 8.83 Å². The molecule has 0 aliphatic rings. The van der Waals surface area contributed by atoms with Crippen LogP contribution >= 0.6 is 0 Å². The largest absolute Gasteiger partial charge is 0.455 e. The molecule has 0 aliphatic carbocycles. The summed E-state index contributed by atoms with van der Waals surface area (Å²) in [6.45, 7) is 0. The highest BCUT2D eigenvalue weighted by atomic mass is 16.3. The van der Waals surface area contributed by atoms with Crippen molar-refractivity contribution in [3.05, 3.63) is 218 Å². The number of furan rings is 2. The molecular weight excluding hydrogens is 781 g/mol. The summed E-state index contributed by atoms with van der Waals surface area (Å²) < 4.78 is 18.2. The Morgan fingerprint density at radius 2 is 0.609 bits per heavy atom. The zero-order valence-corrected chi connectivity index (χ0v) is 34.5. The Morgan fingerprint density at radius 3 is 1.05 bits per heavy atom. The zero-order valence-electron chi connectivity index (χ0n) is 34.5. The number of rotatable bonds is 5. The molecule has 0 saturated heterocycles. The third-order valence-electron chi connectivity index (χ3n) is 13.3. The molecule has 0 amide bonds. The maximum absolute atomic E-state index is 6.69. The van der Waals surface area contributed by atoms with Gasteiger partial charge in [-0.15, -0.1) is 0 Å². The predicted octanol–water partition coefficient (Wildman–Crippen LogP) is 16.7. The van der Waals surface area contributed by atoms with E-state index < -0.39 is 0 Å². The predicted molar refractivity (Wildman–Crippen MR) is 266 cm³/mol. The fraction of sp³-hybridized carbons (Fsp3) is 0. The fourth-order valence-corrected chi connectivity index (χ4v) is 10.4. The number of hydrogen-bond acceptors (Lipinski definition) is 2. The van der Waals surface area contributed by atoms with E-state index in [-0.39, 0.29) is 0 Å². The average Bonchev–Trinajstić information content (AvgIpc) is 4.12. The first-order valence-electron chi connectivity index (χ1n) is 21.8. The first-order valence-corrected chi connectivity index (χ1v) is 21.8. The molecule has 0 spiro atoms. The molecule has 64 heavy (non-hydrogen) atoms. The highest BCUT2D eigenvalue weighted by molar-refractivity contribution is 6.25. The summed E-state index contributed by atoms with van der Waals surface area (Å²) in [6, 6.07) is 78.7. The van der Waals surface area contributed by atoms with Crippen LogP contribution in [0.1, 0.15) is 0 Å². The minimum Gasteiger partial charge on any atom is -0.455 e. The van der Waals surface area contributed by atoms with Crippen LogP contribution in [0.15, 0.2) is 227 Å². The molecule has 4 heterocycles. The molecule has 10 aromatic carbocycles. The van der Waals surface area contributed by atoms with Crippen LogP contribution in [-0.2, 0) is 0 Å². The quantitative estimate of drug-likeness (QED) is 0.173. The summed E-state index contributed by atoms with van der Waals surface area (Å²) in [5.41, 5.74) is 17.1. The lowest BCUT2D eigenvalue weighted by Gasteiger charge is -2.17. The Morgan fingerprint density at radius 1 is 0.250 bits per heavy atom. The molecule has 0 atom stereocenters. The van der Waals surface area contributed by atoms with Crippen LogP contribution < -0.4 is 0 Å². The lowest BCUT2D eigenvalue weighted by Crippen LogP contribution is -1.98. The summed E-state index contributed by atoms with van der Waals surface area (Å²) in [5, 5.41) is 9.07. The second kappa shape index (κ2) is 13.4. The first kappa shape index (κ1) is 35.0. The van der Waals surface area contributed by atoms with Gasteiger partial charge in [-0.3, -0.25) is 0 Å². The number of para-hydroxylation sites is 4. The number of benzene rings is 10. The first-order chi connectivity index (χ1) is 31.7. The van der Waals surface area contributed by atoms with Gasteiger partial charge in [0.05, 0.1) is 32.8 Å². The Hall–Kier alpha value is -8.60. The summed E-state index contributed by atoms with van der Waals surface area (Å²) >= 11 is 0. The van der Waals surface area contributed by atoms with E-state index in [0.717, 1.165) is 132 Å². The molecule has 4 heteroatoms. The topological polar surface area (TPSA) is 36.1 Å². The van der Waals surface area contributed by atoms with Crippen molar-refractivity contribution in [3.63, 3.8) is 0 Å². The molecule has 4 nitrogen and oxygen atoms in total. The lowest BCUT2D eigenvalue weighted by molar-refractivity contribution is 0.672. The van der Waals surface area contributed by atoms with E-state index >= 15 is 0 Å². The van der Waals surface area contributed by atoms with Gasteiger partial charge < -0.3 is 18.0 Å². The average molecular weight is 817 g/mol. The monoisotopic (exact) mass is 816 g/mol. The van der Waals surface area contributed by atoms with Crippen molar-refractivity contribution in [2.75, 3.05) is 0 Å². The molecule has 0 aliphatic heterocycles. The van der Waals surface area contributed by atoms with Gasteiger partial charge in [-0.25, -0.2) is 0 Å². The van der Waals surface area contributed by atoms with Gasteiger partial charge in [0.25, 0.3) is 0 Å². The highest BCUT2D eigenvalue weighted by Gasteiger charge is 2.22. The molecule has 298 valence electrons. The van der Waals surface area contributed by atoms with E-state index in [1.807, 2.05) is 12.1 Å². The van der Waals surface area contributed by atoms with Gasteiger partial charge in [0.1, 0.15) is 22.3 Å². The van der Waals surface area contributed by atoms with Crippen molar-refractivity contribution in [2.24, 2.45) is 0 Å². The Bertz CT molecular complexity index is 3910. The molecule has 14 aromatic rings. The number of nitrogens with zero attached hydrogens (tertiary/aromatic N) is 2. The van der Waals surface area contributed by atoms with Gasteiger partial charge in [-0.1, -0.05) is 133 Å². The van der Waals surface area contributed by atoms with Gasteiger partial charge in [0, 0.05) is 43.7 Å². The SMILES string of the molecule is c1ccc(-c2cc(-c3cc(-c4ccccc4)cc(-n4c5ccccc5c5c6oc7ccccc7c6ccc54)c3)cc(-n3c4ccccc4c4c5oc6ccccc6c5ccc43)c2)cc1. The van der Waals surface area contributed by atoms with E-state index in [0.29, 0.717) is 0 Å². The second-order valence-electron chi connectivity index (χ2n) is 16.8. The van der Waals surface area contributed by atoms with E-state index in [2.05, 4.69) is 215 Å². The molecule has 0 N–H and O–H groups in total. The third-order valence-corrected chi connectivity index (χ3v) is 13.3. The van der Waals surface area contributed by atoms with Crippen LogP contribution in [0.25, 0.3) is 132 Å². The van der Waals surface area contributed by atoms with Crippen molar-refractivity contribution in [1.29, 1.82) is 0 Å². The van der Waals surface area contributed by atoms with Crippen LogP contribution in [-0.4, -0.2) is 9.13 Å². The smallest absolute Gasteiger partial charge is 0.145 e. The van der Waals surface area contributed by atoms with Crippen molar-refractivity contribution in [1.82, 2.24) is 9.13 Å². The maximum Gasteiger partial charge on any atom is 0.145 e. The second-order valence-corrected chi connectivity index (χ2v) is 16.8. The lowest BCUT2D eigenvalue weighted by atomic mass is 9.94. The van der Waals surface area contributed by atoms with E-state index in [1.54, 1.807) is 0 Å². The Kier molecular flexibility index (Phi) is 7.36. The minimum atomic E-state index is 0.898. The van der Waals surface area contributed by atoms with Crippen LogP contribution in [0.4, 0.5) is 0 Å². The van der Waals surface area contributed by atoms with Gasteiger partial charge in [-0.2, -0.15) is 0 Å². The Labute approximate surface area is 367 Å². The molecule has 14 rings (SSSR count). The van der Waals surface area contributed by atoms with Crippen LogP contribution in [0.5, 0.6) is 0 Å². The van der Waals surface area contributed by atoms with Gasteiger partial charge >= 0.3 is 0 Å². The molecule has 0 saturated carbocycles. The van der Waals surface area contributed by atoms with Crippen LogP contribution in [0, 0.1) is 0 Å². The van der Waals surface area contributed by atoms with E-state index in [9.17, 15) is 0 Å². The summed E-state index contributed by atoms with van der Waals surface area (Å²) in [6.07, 6.45) is 0. The molecule has 0 radical (unpaired) electrons. The molecule has 0 bridgehead atoms. The Balaban J connectivity index is 1.06. The number of hydrogen-bond donors (Lipinski definition) is 0. The van der Waals surface area contributed by atoms with Crippen LogP contribution in [0.2, 0.25) is 0 Å².